The van der Waals surface area contributed by atoms with Crippen LogP contribution in [-0.4, -0.2) is 34.0 Å². The lowest BCUT2D eigenvalue weighted by Gasteiger charge is -2.26. The smallest absolute Gasteiger partial charge is 0.128 e. The zero-order valence-electron chi connectivity index (χ0n) is 11.8. The van der Waals surface area contributed by atoms with Crippen molar-refractivity contribution in [1.29, 1.82) is 0 Å². The lowest BCUT2D eigenvalue weighted by Crippen LogP contribution is -2.46. The Morgan fingerprint density at radius 2 is 1.00 bits per heavy atom. The minimum Gasteiger partial charge on any atom is -0.379 e. The molecule has 0 bridgehead atoms. The fourth-order valence-corrected chi connectivity index (χ4v) is 1.33. The molecule has 0 aliphatic rings. The van der Waals surface area contributed by atoms with Gasteiger partial charge in [0.25, 0.3) is 0 Å². The summed E-state index contributed by atoms with van der Waals surface area (Å²) in [4.78, 5) is 0. The summed E-state index contributed by atoms with van der Waals surface area (Å²) < 4.78 is 0. The van der Waals surface area contributed by atoms with Crippen LogP contribution in [0.4, 0.5) is 0 Å². The standard InChI is InChI=1S/C10H24N4O2.2ClH/c1-7(15)11-9(3,4)13-14-10(5,6)12-8(2)16;;/h7-8,11-12,15-16H,1-6H3;2*1H. The molecule has 6 nitrogen and oxygen atoms in total. The predicted octanol–water partition coefficient (Wildman–Crippen LogP) is 1.61. The van der Waals surface area contributed by atoms with E-state index in [1.807, 2.05) is 27.7 Å². The molecule has 0 spiro atoms. The van der Waals surface area contributed by atoms with Gasteiger partial charge in [0.05, 0.1) is 0 Å². The van der Waals surface area contributed by atoms with Crippen LogP contribution in [0.3, 0.4) is 0 Å². The van der Waals surface area contributed by atoms with Crippen molar-refractivity contribution in [1.82, 2.24) is 10.6 Å². The summed E-state index contributed by atoms with van der Waals surface area (Å²) in [5.41, 5.74) is -1.29. The lowest BCUT2D eigenvalue weighted by molar-refractivity contribution is 0.105. The van der Waals surface area contributed by atoms with Crippen molar-refractivity contribution in [2.75, 3.05) is 0 Å². The number of rotatable bonds is 6. The molecular weight excluding hydrogens is 279 g/mol. The number of nitrogens with one attached hydrogen (secondary N) is 2. The molecule has 0 aliphatic heterocycles. The van der Waals surface area contributed by atoms with Gasteiger partial charge in [0.1, 0.15) is 23.8 Å². The quantitative estimate of drug-likeness (QED) is 0.443. The minimum absolute atomic E-state index is 0. The van der Waals surface area contributed by atoms with Crippen LogP contribution >= 0.6 is 24.8 Å². The Morgan fingerprint density at radius 3 is 1.17 bits per heavy atom. The molecule has 0 saturated heterocycles. The van der Waals surface area contributed by atoms with Crippen LogP contribution in [0, 0.1) is 0 Å². The van der Waals surface area contributed by atoms with Gasteiger partial charge in [-0.25, -0.2) is 0 Å². The van der Waals surface area contributed by atoms with E-state index in [1.54, 1.807) is 13.8 Å². The van der Waals surface area contributed by atoms with Gasteiger partial charge in [-0.1, -0.05) is 0 Å². The van der Waals surface area contributed by atoms with E-state index in [0.29, 0.717) is 0 Å². The molecule has 2 atom stereocenters. The van der Waals surface area contributed by atoms with Gasteiger partial charge in [-0.3, -0.25) is 10.6 Å². The number of hydrogen-bond donors (Lipinski definition) is 4. The van der Waals surface area contributed by atoms with Crippen molar-refractivity contribution in [3.05, 3.63) is 0 Å². The number of halogens is 2. The SMILES string of the molecule is CC(O)NC(C)(C)N=NC(C)(C)NC(C)O.Cl.Cl. The third kappa shape index (κ3) is 12.5. The van der Waals surface area contributed by atoms with E-state index in [0.717, 1.165) is 0 Å². The van der Waals surface area contributed by atoms with Crippen molar-refractivity contribution in [3.63, 3.8) is 0 Å². The van der Waals surface area contributed by atoms with Gasteiger partial charge in [-0.15, -0.1) is 24.8 Å². The first-order valence-electron chi connectivity index (χ1n) is 5.40. The number of azo groups is 1. The zero-order valence-corrected chi connectivity index (χ0v) is 13.4. The molecule has 0 saturated carbocycles. The number of hydrogen-bond acceptors (Lipinski definition) is 6. The van der Waals surface area contributed by atoms with Crippen LogP contribution < -0.4 is 10.6 Å². The summed E-state index contributed by atoms with van der Waals surface area (Å²) in [6.07, 6.45) is -1.30. The molecule has 0 aromatic heterocycles. The summed E-state index contributed by atoms with van der Waals surface area (Å²) in [7, 11) is 0. The predicted molar refractivity (Wildman–Crippen MR) is 77.1 cm³/mol. The van der Waals surface area contributed by atoms with E-state index in [-0.39, 0.29) is 24.8 Å². The molecule has 112 valence electrons. The maximum Gasteiger partial charge on any atom is 0.128 e. The molecule has 0 radical (unpaired) electrons. The summed E-state index contributed by atoms with van der Waals surface area (Å²) in [5.74, 6) is 0. The van der Waals surface area contributed by atoms with Crippen molar-refractivity contribution in [2.45, 2.75) is 65.3 Å². The van der Waals surface area contributed by atoms with E-state index in [4.69, 9.17) is 0 Å². The summed E-state index contributed by atoms with van der Waals surface area (Å²) in [6.45, 7) is 10.5. The highest BCUT2D eigenvalue weighted by molar-refractivity contribution is 5.85. The van der Waals surface area contributed by atoms with Crippen molar-refractivity contribution in [3.8, 4) is 0 Å². The first kappa shape index (κ1) is 23.1. The Bertz CT molecular complexity index is 222. The number of aliphatic hydroxyl groups is 2. The Kier molecular flexibility index (Phi) is 11.6. The van der Waals surface area contributed by atoms with Gasteiger partial charge in [0.2, 0.25) is 0 Å². The minimum atomic E-state index is -0.651. The lowest BCUT2D eigenvalue weighted by atomic mass is 10.2. The van der Waals surface area contributed by atoms with E-state index in [2.05, 4.69) is 20.9 Å². The maximum atomic E-state index is 9.19. The Labute approximate surface area is 121 Å². The molecule has 0 rings (SSSR count). The fourth-order valence-electron chi connectivity index (χ4n) is 1.33. The second-order valence-electron chi connectivity index (χ2n) is 4.96. The molecule has 0 aromatic carbocycles. The van der Waals surface area contributed by atoms with Gasteiger partial charge < -0.3 is 10.2 Å². The third-order valence-corrected chi connectivity index (χ3v) is 1.67. The Hall–Kier alpha value is 0.0200. The van der Waals surface area contributed by atoms with Gasteiger partial charge in [-0.2, -0.15) is 10.2 Å². The van der Waals surface area contributed by atoms with Crippen LogP contribution in [0.2, 0.25) is 0 Å². The van der Waals surface area contributed by atoms with Crippen LogP contribution in [0.25, 0.3) is 0 Å². The molecular formula is C10H26Cl2N4O2. The average molecular weight is 305 g/mol. The van der Waals surface area contributed by atoms with Crippen LogP contribution in [0.1, 0.15) is 41.5 Å². The highest BCUT2D eigenvalue weighted by Gasteiger charge is 2.22. The highest BCUT2D eigenvalue weighted by atomic mass is 35.5. The van der Waals surface area contributed by atoms with Gasteiger partial charge in [0, 0.05) is 0 Å². The zero-order chi connectivity index (χ0) is 13.0. The number of nitrogens with zero attached hydrogens (tertiary/aromatic N) is 2. The van der Waals surface area contributed by atoms with Crippen LogP contribution in [0.5, 0.6) is 0 Å². The first-order valence-corrected chi connectivity index (χ1v) is 5.40. The van der Waals surface area contributed by atoms with Crippen molar-refractivity contribution < 1.29 is 10.2 Å². The summed E-state index contributed by atoms with van der Waals surface area (Å²) in [5, 5.41) is 32.3. The van der Waals surface area contributed by atoms with Crippen LogP contribution in [0.15, 0.2) is 10.2 Å². The molecule has 2 unspecified atom stereocenters. The molecule has 0 heterocycles. The van der Waals surface area contributed by atoms with Crippen molar-refractivity contribution in [2.24, 2.45) is 10.2 Å². The average Bonchev–Trinajstić information content (AvgIpc) is 1.96. The first-order chi connectivity index (χ1) is 7.04. The highest BCUT2D eigenvalue weighted by Crippen LogP contribution is 2.12. The van der Waals surface area contributed by atoms with Gasteiger partial charge >= 0.3 is 0 Å². The largest absolute Gasteiger partial charge is 0.379 e. The Balaban J connectivity index is -0.00000112. The maximum absolute atomic E-state index is 9.19. The molecule has 0 amide bonds. The summed E-state index contributed by atoms with van der Waals surface area (Å²) in [6, 6.07) is 0. The van der Waals surface area contributed by atoms with Gasteiger partial charge in [0.15, 0.2) is 0 Å². The van der Waals surface area contributed by atoms with E-state index in [1.165, 1.54) is 0 Å². The second-order valence-corrected chi connectivity index (χ2v) is 4.96. The topological polar surface area (TPSA) is 89.2 Å². The molecule has 0 fully saturated rings. The second kappa shape index (κ2) is 9.01. The molecule has 18 heavy (non-hydrogen) atoms. The van der Waals surface area contributed by atoms with E-state index >= 15 is 0 Å². The third-order valence-electron chi connectivity index (χ3n) is 1.67. The van der Waals surface area contributed by atoms with Crippen LogP contribution in [-0.2, 0) is 0 Å². The van der Waals surface area contributed by atoms with Crippen molar-refractivity contribution >= 4 is 24.8 Å². The fraction of sp³-hybridized carbons (Fsp3) is 1.00. The molecule has 0 aliphatic carbocycles. The molecule has 0 aromatic rings. The number of aliphatic hydroxyl groups excluding tert-OH is 2. The molecule has 8 heteroatoms. The Morgan fingerprint density at radius 1 is 0.778 bits per heavy atom. The molecule has 4 N–H and O–H groups in total. The van der Waals surface area contributed by atoms with Gasteiger partial charge in [-0.05, 0) is 41.5 Å². The van der Waals surface area contributed by atoms with E-state index in [9.17, 15) is 10.2 Å². The summed E-state index contributed by atoms with van der Waals surface area (Å²) >= 11 is 0. The normalized spacial score (nSPS) is 15.8. The van der Waals surface area contributed by atoms with E-state index < -0.39 is 23.8 Å². The monoisotopic (exact) mass is 304 g/mol.